The fourth-order valence-electron chi connectivity index (χ4n) is 5.46. The maximum absolute atomic E-state index is 13.2. The van der Waals surface area contributed by atoms with E-state index in [-0.39, 0.29) is 23.7 Å². The van der Waals surface area contributed by atoms with Gasteiger partial charge in [0.15, 0.2) is 0 Å². The van der Waals surface area contributed by atoms with Crippen molar-refractivity contribution in [2.24, 2.45) is 5.41 Å². The molecule has 0 aliphatic carbocycles. The van der Waals surface area contributed by atoms with Crippen LogP contribution >= 0.6 is 0 Å². The molecule has 1 spiro atoms. The van der Waals surface area contributed by atoms with Crippen LogP contribution < -0.4 is 4.90 Å². The molecule has 1 atom stereocenters. The van der Waals surface area contributed by atoms with Crippen molar-refractivity contribution in [2.75, 3.05) is 37.6 Å². The Kier molecular flexibility index (Phi) is 7.26. The van der Waals surface area contributed by atoms with E-state index in [0.717, 1.165) is 56.7 Å². The quantitative estimate of drug-likeness (QED) is 0.699. The number of hydrogen-bond acceptors (Lipinski definition) is 5. The van der Waals surface area contributed by atoms with Crippen molar-refractivity contribution in [3.63, 3.8) is 0 Å². The highest BCUT2D eigenvalue weighted by Crippen LogP contribution is 2.41. The SMILES string of the molecule is Cc1ccc2c(c1)CCCN2C(=O)CN1CCC2(CCN(Cc3ccccn3)C2=O)C1.O=CO. The number of likely N-dealkylation sites (tertiary alicyclic amines) is 2. The molecule has 4 heterocycles. The number of carbonyl (C=O) groups is 3. The van der Waals surface area contributed by atoms with Crippen molar-refractivity contribution in [3.05, 3.63) is 59.4 Å². The number of aryl methyl sites for hydroxylation is 2. The lowest BCUT2D eigenvalue weighted by atomic mass is 9.85. The molecule has 3 aliphatic heterocycles. The summed E-state index contributed by atoms with van der Waals surface area (Å²) >= 11 is 0. The van der Waals surface area contributed by atoms with Gasteiger partial charge < -0.3 is 14.9 Å². The fraction of sp³-hybridized carbons (Fsp3) is 0.462. The summed E-state index contributed by atoms with van der Waals surface area (Å²) in [6.45, 7) is 5.86. The van der Waals surface area contributed by atoms with E-state index in [2.05, 4.69) is 35.0 Å². The van der Waals surface area contributed by atoms with Crippen LogP contribution in [0.2, 0.25) is 0 Å². The second kappa shape index (κ2) is 10.3. The Labute approximate surface area is 200 Å². The van der Waals surface area contributed by atoms with Crippen LogP contribution in [0.15, 0.2) is 42.6 Å². The minimum Gasteiger partial charge on any atom is -0.483 e. The van der Waals surface area contributed by atoms with E-state index in [0.29, 0.717) is 19.6 Å². The van der Waals surface area contributed by atoms with Crippen molar-refractivity contribution in [1.29, 1.82) is 0 Å². The zero-order valence-electron chi connectivity index (χ0n) is 19.7. The highest BCUT2D eigenvalue weighted by Gasteiger charge is 2.50. The van der Waals surface area contributed by atoms with Crippen molar-refractivity contribution in [3.8, 4) is 0 Å². The lowest BCUT2D eigenvalue weighted by Gasteiger charge is -2.31. The topological polar surface area (TPSA) is 94.1 Å². The van der Waals surface area contributed by atoms with Crippen LogP contribution in [-0.4, -0.2) is 70.9 Å². The average Bonchev–Trinajstić information content (AvgIpc) is 3.38. The van der Waals surface area contributed by atoms with E-state index in [1.54, 1.807) is 6.20 Å². The largest absolute Gasteiger partial charge is 0.483 e. The third kappa shape index (κ3) is 4.97. The van der Waals surface area contributed by atoms with Gasteiger partial charge >= 0.3 is 0 Å². The number of aromatic nitrogens is 1. The summed E-state index contributed by atoms with van der Waals surface area (Å²) in [6, 6.07) is 12.2. The standard InChI is InChI=1S/C25H30N4O2.CH2O2/c1-19-7-8-22-20(15-19)5-4-12-29(22)23(30)17-27-13-9-25(18-27)10-14-28(24(25)31)16-21-6-2-3-11-26-21;2-1-3/h2-3,6-8,11,15H,4-5,9-10,12-14,16-18H2,1H3;1H,(H,2,3). The lowest BCUT2D eigenvalue weighted by molar-refractivity contribution is -0.136. The third-order valence-corrected chi connectivity index (χ3v) is 7.13. The summed E-state index contributed by atoms with van der Waals surface area (Å²) < 4.78 is 0. The first-order valence-corrected chi connectivity index (χ1v) is 11.9. The van der Waals surface area contributed by atoms with Gasteiger partial charge in [0.2, 0.25) is 11.8 Å². The summed E-state index contributed by atoms with van der Waals surface area (Å²) in [6.07, 6.45) is 5.53. The second-order valence-corrected chi connectivity index (χ2v) is 9.43. The number of fused-ring (bicyclic) bond motifs is 1. The number of pyridine rings is 1. The number of amides is 2. The molecule has 180 valence electrons. The summed E-state index contributed by atoms with van der Waals surface area (Å²) in [4.78, 5) is 45.2. The minimum atomic E-state index is -0.327. The summed E-state index contributed by atoms with van der Waals surface area (Å²) in [5.74, 6) is 0.379. The van der Waals surface area contributed by atoms with Gasteiger partial charge in [-0.2, -0.15) is 0 Å². The molecule has 2 aromatic rings. The Balaban J connectivity index is 0.000000868. The van der Waals surface area contributed by atoms with Gasteiger partial charge in [0, 0.05) is 31.5 Å². The zero-order chi connectivity index (χ0) is 24.1. The molecule has 2 amide bonds. The van der Waals surface area contributed by atoms with Gasteiger partial charge in [-0.05, 0) is 62.9 Å². The average molecular weight is 465 g/mol. The normalized spacial score (nSPS) is 21.9. The third-order valence-electron chi connectivity index (χ3n) is 7.13. The zero-order valence-corrected chi connectivity index (χ0v) is 19.7. The molecular formula is C26H32N4O4. The number of nitrogens with zero attached hydrogens (tertiary/aromatic N) is 4. The van der Waals surface area contributed by atoms with E-state index >= 15 is 0 Å². The smallest absolute Gasteiger partial charge is 0.290 e. The van der Waals surface area contributed by atoms with Crippen LogP contribution in [0.5, 0.6) is 0 Å². The summed E-state index contributed by atoms with van der Waals surface area (Å²) in [7, 11) is 0. The molecule has 2 saturated heterocycles. The first-order valence-electron chi connectivity index (χ1n) is 11.9. The molecule has 1 aromatic carbocycles. The van der Waals surface area contributed by atoms with Crippen LogP contribution in [-0.2, 0) is 27.3 Å². The Bertz CT molecular complexity index is 1040. The first-order chi connectivity index (χ1) is 16.5. The Morgan fingerprint density at radius 3 is 2.74 bits per heavy atom. The first kappa shape index (κ1) is 23.9. The molecule has 1 unspecified atom stereocenters. The van der Waals surface area contributed by atoms with Gasteiger partial charge in [0.1, 0.15) is 0 Å². The molecule has 0 saturated carbocycles. The van der Waals surface area contributed by atoms with Crippen molar-refractivity contribution < 1.29 is 19.5 Å². The number of carboxylic acid groups (broad SMARTS) is 1. The van der Waals surface area contributed by atoms with Crippen LogP contribution in [0.4, 0.5) is 5.69 Å². The summed E-state index contributed by atoms with van der Waals surface area (Å²) in [5, 5.41) is 6.89. The van der Waals surface area contributed by atoms with Gasteiger partial charge in [0.25, 0.3) is 6.47 Å². The maximum atomic E-state index is 13.2. The number of benzene rings is 1. The minimum absolute atomic E-state index is 0.151. The molecule has 8 heteroatoms. The number of hydrogen-bond donors (Lipinski definition) is 1. The van der Waals surface area contributed by atoms with Gasteiger partial charge in [-0.3, -0.25) is 24.3 Å². The molecule has 3 aliphatic rings. The monoisotopic (exact) mass is 464 g/mol. The second-order valence-electron chi connectivity index (χ2n) is 9.43. The van der Waals surface area contributed by atoms with Crippen molar-refractivity contribution >= 4 is 24.0 Å². The molecule has 2 fully saturated rings. The van der Waals surface area contributed by atoms with E-state index in [1.165, 1.54) is 11.1 Å². The van der Waals surface area contributed by atoms with E-state index in [4.69, 9.17) is 9.90 Å². The van der Waals surface area contributed by atoms with Crippen LogP contribution in [0.25, 0.3) is 0 Å². The van der Waals surface area contributed by atoms with E-state index < -0.39 is 0 Å². The number of carbonyl (C=O) groups excluding carboxylic acids is 2. The Hall–Kier alpha value is -3.26. The highest BCUT2D eigenvalue weighted by atomic mass is 16.3. The van der Waals surface area contributed by atoms with Gasteiger partial charge in [-0.15, -0.1) is 0 Å². The highest BCUT2D eigenvalue weighted by molar-refractivity contribution is 5.96. The number of rotatable bonds is 4. The van der Waals surface area contributed by atoms with Gasteiger partial charge in [-0.25, -0.2) is 0 Å². The van der Waals surface area contributed by atoms with E-state index in [9.17, 15) is 9.59 Å². The van der Waals surface area contributed by atoms with Gasteiger partial charge in [-0.1, -0.05) is 23.8 Å². The van der Waals surface area contributed by atoms with Crippen LogP contribution in [0, 0.1) is 12.3 Å². The molecule has 1 aromatic heterocycles. The molecule has 8 nitrogen and oxygen atoms in total. The molecule has 1 N–H and O–H groups in total. The Morgan fingerprint density at radius 1 is 1.18 bits per heavy atom. The predicted octanol–water partition coefficient (Wildman–Crippen LogP) is 2.49. The van der Waals surface area contributed by atoms with Crippen molar-refractivity contribution in [1.82, 2.24) is 14.8 Å². The molecule has 34 heavy (non-hydrogen) atoms. The van der Waals surface area contributed by atoms with E-state index in [1.807, 2.05) is 28.0 Å². The molecule has 0 radical (unpaired) electrons. The fourth-order valence-corrected chi connectivity index (χ4v) is 5.46. The molecule has 5 rings (SSSR count). The van der Waals surface area contributed by atoms with Gasteiger partial charge in [0.05, 0.1) is 24.2 Å². The lowest BCUT2D eigenvalue weighted by Crippen LogP contribution is -2.43. The predicted molar refractivity (Wildman–Crippen MR) is 128 cm³/mol. The summed E-state index contributed by atoms with van der Waals surface area (Å²) in [5.41, 5.74) is 4.18. The molecule has 0 bridgehead atoms. The molecular weight excluding hydrogens is 432 g/mol. The maximum Gasteiger partial charge on any atom is 0.290 e. The Morgan fingerprint density at radius 2 is 1.97 bits per heavy atom. The van der Waals surface area contributed by atoms with Crippen LogP contribution in [0.1, 0.15) is 36.1 Å². The number of anilines is 1. The van der Waals surface area contributed by atoms with Crippen molar-refractivity contribution in [2.45, 2.75) is 39.2 Å². The van der Waals surface area contributed by atoms with Crippen LogP contribution in [0.3, 0.4) is 0 Å².